The number of piperidine rings is 1. The van der Waals surface area contributed by atoms with Gasteiger partial charge in [0.15, 0.2) is 5.82 Å². The second kappa shape index (κ2) is 8.61. The summed E-state index contributed by atoms with van der Waals surface area (Å²) in [6.45, 7) is 6.21. The van der Waals surface area contributed by atoms with Crippen molar-refractivity contribution in [3.8, 4) is 11.5 Å². The zero-order chi connectivity index (χ0) is 19.3. The van der Waals surface area contributed by atoms with Gasteiger partial charge in [-0.15, -0.1) is 0 Å². The largest absolute Gasteiger partial charge is 0.385 e. The number of nitrogens with zero attached hydrogens (tertiary/aromatic N) is 4. The summed E-state index contributed by atoms with van der Waals surface area (Å²) in [6, 6.07) is 3.71. The molecule has 1 saturated heterocycles. The summed E-state index contributed by atoms with van der Waals surface area (Å²) in [4.78, 5) is 23.1. The Morgan fingerprint density at radius 2 is 2.00 bits per heavy atom. The Kier molecular flexibility index (Phi) is 6.21. The number of carbonyl (C=O) groups excluding carboxylic acids is 1. The van der Waals surface area contributed by atoms with Gasteiger partial charge in [0, 0.05) is 56.6 Å². The van der Waals surface area contributed by atoms with Crippen LogP contribution in [0.3, 0.4) is 0 Å². The number of aromatic nitrogens is 3. The maximum atomic E-state index is 12.4. The Labute approximate surface area is 160 Å². The zero-order valence-corrected chi connectivity index (χ0v) is 16.4. The third-order valence-electron chi connectivity index (χ3n) is 5.27. The molecule has 2 aromatic rings. The molecule has 27 heavy (non-hydrogen) atoms. The SMILES string of the molecule is COCCC1(c2noc(-c3ccncc3)n2)CCN(C(=O)CC(C)C)CC1. The van der Waals surface area contributed by atoms with Crippen molar-refractivity contribution in [2.45, 2.75) is 44.9 Å². The summed E-state index contributed by atoms with van der Waals surface area (Å²) in [5.41, 5.74) is 0.634. The molecule has 7 heteroatoms. The Balaban J connectivity index is 1.77. The molecule has 1 fully saturated rings. The van der Waals surface area contributed by atoms with Gasteiger partial charge in [-0.2, -0.15) is 4.98 Å². The molecule has 1 aliphatic rings. The van der Waals surface area contributed by atoms with Gasteiger partial charge < -0.3 is 14.2 Å². The molecule has 3 rings (SSSR count). The molecule has 0 saturated carbocycles. The topological polar surface area (TPSA) is 81.3 Å². The normalized spacial score (nSPS) is 16.7. The van der Waals surface area contributed by atoms with Gasteiger partial charge in [0.1, 0.15) is 0 Å². The van der Waals surface area contributed by atoms with Crippen molar-refractivity contribution >= 4 is 5.91 Å². The Bertz CT molecular complexity index is 737. The predicted octanol–water partition coefficient (Wildman–Crippen LogP) is 3.07. The average Bonchev–Trinajstić information content (AvgIpc) is 3.18. The van der Waals surface area contributed by atoms with Crippen LogP contribution < -0.4 is 0 Å². The number of amides is 1. The number of likely N-dealkylation sites (tertiary alicyclic amines) is 1. The maximum Gasteiger partial charge on any atom is 0.258 e. The zero-order valence-electron chi connectivity index (χ0n) is 16.4. The average molecular weight is 372 g/mol. The third-order valence-corrected chi connectivity index (χ3v) is 5.27. The lowest BCUT2D eigenvalue weighted by atomic mass is 9.75. The molecule has 0 aromatic carbocycles. The lowest BCUT2D eigenvalue weighted by Gasteiger charge is -2.40. The van der Waals surface area contributed by atoms with Gasteiger partial charge in [0.25, 0.3) is 5.89 Å². The van der Waals surface area contributed by atoms with E-state index in [0.717, 1.165) is 24.8 Å². The van der Waals surface area contributed by atoms with E-state index in [1.165, 1.54) is 0 Å². The van der Waals surface area contributed by atoms with Crippen LogP contribution in [0.25, 0.3) is 11.5 Å². The number of methoxy groups -OCH3 is 1. The van der Waals surface area contributed by atoms with Crippen molar-refractivity contribution in [3.63, 3.8) is 0 Å². The highest BCUT2D eigenvalue weighted by molar-refractivity contribution is 5.76. The standard InChI is InChI=1S/C20H28N4O3/c1-15(2)14-17(25)24-11-6-20(7-12-24,8-13-26-3)19-22-18(27-23-19)16-4-9-21-10-5-16/h4-5,9-10,15H,6-8,11-14H2,1-3H3. The second-order valence-corrected chi connectivity index (χ2v) is 7.66. The fraction of sp³-hybridized carbons (Fsp3) is 0.600. The molecule has 2 aromatic heterocycles. The quantitative estimate of drug-likeness (QED) is 0.743. The first-order chi connectivity index (χ1) is 13.0. The predicted molar refractivity (Wildman–Crippen MR) is 101 cm³/mol. The molecular formula is C20H28N4O3. The molecule has 3 heterocycles. The highest BCUT2D eigenvalue weighted by atomic mass is 16.5. The van der Waals surface area contributed by atoms with Gasteiger partial charge in [-0.3, -0.25) is 9.78 Å². The fourth-order valence-electron chi connectivity index (χ4n) is 3.60. The van der Waals surface area contributed by atoms with E-state index in [0.29, 0.717) is 43.8 Å². The van der Waals surface area contributed by atoms with Crippen LogP contribution >= 0.6 is 0 Å². The molecule has 1 amide bonds. The van der Waals surface area contributed by atoms with Crippen molar-refractivity contribution in [2.75, 3.05) is 26.8 Å². The molecule has 0 aliphatic carbocycles. The molecule has 0 radical (unpaired) electrons. The third kappa shape index (κ3) is 4.53. The lowest BCUT2D eigenvalue weighted by molar-refractivity contribution is -0.133. The van der Waals surface area contributed by atoms with Crippen molar-refractivity contribution in [2.24, 2.45) is 5.92 Å². The maximum absolute atomic E-state index is 12.4. The molecule has 146 valence electrons. The highest BCUT2D eigenvalue weighted by Gasteiger charge is 2.41. The van der Waals surface area contributed by atoms with Gasteiger partial charge >= 0.3 is 0 Å². The summed E-state index contributed by atoms with van der Waals surface area (Å²) < 4.78 is 10.9. The molecular weight excluding hydrogens is 344 g/mol. The van der Waals surface area contributed by atoms with Crippen LogP contribution in [0.2, 0.25) is 0 Å². The van der Waals surface area contributed by atoms with E-state index in [1.54, 1.807) is 19.5 Å². The molecule has 7 nitrogen and oxygen atoms in total. The smallest absolute Gasteiger partial charge is 0.258 e. The number of hydrogen-bond donors (Lipinski definition) is 0. The Hall–Kier alpha value is -2.28. The van der Waals surface area contributed by atoms with Crippen molar-refractivity contribution < 1.29 is 14.1 Å². The minimum atomic E-state index is -0.223. The lowest BCUT2D eigenvalue weighted by Crippen LogP contribution is -2.46. The number of carbonyl (C=O) groups is 1. The van der Waals surface area contributed by atoms with E-state index in [9.17, 15) is 4.79 Å². The Morgan fingerprint density at radius 1 is 1.30 bits per heavy atom. The first-order valence-electron chi connectivity index (χ1n) is 9.55. The number of ether oxygens (including phenoxy) is 1. The van der Waals surface area contributed by atoms with Crippen molar-refractivity contribution in [1.82, 2.24) is 20.0 Å². The van der Waals surface area contributed by atoms with Crippen LogP contribution in [-0.2, 0) is 14.9 Å². The summed E-state index contributed by atoms with van der Waals surface area (Å²) in [7, 11) is 1.70. The van der Waals surface area contributed by atoms with Crippen LogP contribution in [0, 0.1) is 5.92 Å². The van der Waals surface area contributed by atoms with Gasteiger partial charge in [-0.05, 0) is 37.3 Å². The molecule has 1 aliphatic heterocycles. The van der Waals surface area contributed by atoms with Crippen LogP contribution in [0.5, 0.6) is 0 Å². The minimum absolute atomic E-state index is 0.223. The highest BCUT2D eigenvalue weighted by Crippen LogP contribution is 2.38. The van der Waals surface area contributed by atoms with E-state index < -0.39 is 0 Å². The van der Waals surface area contributed by atoms with E-state index in [1.807, 2.05) is 17.0 Å². The monoisotopic (exact) mass is 372 g/mol. The van der Waals surface area contributed by atoms with E-state index >= 15 is 0 Å². The first-order valence-corrected chi connectivity index (χ1v) is 9.55. The number of hydrogen-bond acceptors (Lipinski definition) is 6. The molecule has 0 atom stereocenters. The molecule has 0 bridgehead atoms. The van der Waals surface area contributed by atoms with E-state index in [2.05, 4.69) is 29.0 Å². The number of rotatable bonds is 7. The van der Waals surface area contributed by atoms with Gasteiger partial charge in [-0.1, -0.05) is 19.0 Å². The summed E-state index contributed by atoms with van der Waals surface area (Å²) >= 11 is 0. The first kappa shape index (κ1) is 19.5. The minimum Gasteiger partial charge on any atom is -0.385 e. The molecule has 0 N–H and O–H groups in total. The van der Waals surface area contributed by atoms with Crippen molar-refractivity contribution in [1.29, 1.82) is 0 Å². The van der Waals surface area contributed by atoms with Crippen LogP contribution in [-0.4, -0.2) is 52.7 Å². The van der Waals surface area contributed by atoms with Crippen molar-refractivity contribution in [3.05, 3.63) is 30.4 Å². The number of pyridine rings is 1. The second-order valence-electron chi connectivity index (χ2n) is 7.66. The van der Waals surface area contributed by atoms with Gasteiger partial charge in [-0.25, -0.2) is 0 Å². The molecule has 0 spiro atoms. The summed E-state index contributed by atoms with van der Waals surface area (Å²) in [6.07, 6.45) is 6.45. The summed E-state index contributed by atoms with van der Waals surface area (Å²) in [5.74, 6) is 1.82. The van der Waals surface area contributed by atoms with Crippen LogP contribution in [0.4, 0.5) is 0 Å². The van der Waals surface area contributed by atoms with Crippen LogP contribution in [0.15, 0.2) is 29.0 Å². The fourth-order valence-corrected chi connectivity index (χ4v) is 3.60. The van der Waals surface area contributed by atoms with E-state index in [-0.39, 0.29) is 11.3 Å². The summed E-state index contributed by atoms with van der Waals surface area (Å²) in [5, 5.41) is 4.29. The molecule has 0 unspecified atom stereocenters. The van der Waals surface area contributed by atoms with Gasteiger partial charge in [0.2, 0.25) is 5.91 Å². The van der Waals surface area contributed by atoms with E-state index in [4.69, 9.17) is 9.26 Å². The van der Waals surface area contributed by atoms with Gasteiger partial charge in [0.05, 0.1) is 0 Å². The van der Waals surface area contributed by atoms with Crippen LogP contribution in [0.1, 0.15) is 45.4 Å². The Morgan fingerprint density at radius 3 is 2.63 bits per heavy atom.